The lowest BCUT2D eigenvalue weighted by atomic mass is 10.4. The molecule has 0 aliphatic heterocycles. The van der Waals surface area contributed by atoms with E-state index >= 15 is 0 Å². The smallest absolute Gasteiger partial charge is 0.251 e. The van der Waals surface area contributed by atoms with Gasteiger partial charge in [-0.05, 0) is 13.1 Å². The zero-order chi connectivity index (χ0) is 11.8. The van der Waals surface area contributed by atoms with Crippen LogP contribution in [0.1, 0.15) is 19.5 Å². The summed E-state index contributed by atoms with van der Waals surface area (Å²) in [6, 6.07) is 1.95. The van der Waals surface area contributed by atoms with Gasteiger partial charge in [0.1, 0.15) is 12.7 Å². The molecule has 0 saturated carbocycles. The number of ether oxygens (including phenoxy) is 1. The van der Waals surface area contributed by atoms with Crippen LogP contribution in [0, 0.1) is 11.3 Å². The number of hydrogen-bond donors (Lipinski definition) is 0. The molecule has 1 heterocycles. The Morgan fingerprint density at radius 3 is 2.62 bits per heavy atom. The Labute approximate surface area is 95.7 Å². The predicted octanol–water partition coefficient (Wildman–Crippen LogP) is 1.07. The zero-order valence-corrected chi connectivity index (χ0v) is 9.68. The highest BCUT2D eigenvalue weighted by atomic mass is 16.5. The van der Waals surface area contributed by atoms with Gasteiger partial charge in [-0.15, -0.1) is 0 Å². The first kappa shape index (κ1) is 12.4. The fourth-order valence-electron chi connectivity index (χ4n) is 1.32. The molecule has 0 unspecified atom stereocenters. The Hall–Kier alpha value is -1.67. The Kier molecular flexibility index (Phi) is 5.23. The molecule has 1 aromatic heterocycles. The monoisotopic (exact) mass is 220 g/mol. The zero-order valence-electron chi connectivity index (χ0n) is 9.68. The number of hydrogen-bond acceptors (Lipinski definition) is 5. The second-order valence-corrected chi connectivity index (χ2v) is 3.20. The minimum atomic E-state index is 0.238. The van der Waals surface area contributed by atoms with Crippen LogP contribution in [0.5, 0.6) is 5.88 Å². The van der Waals surface area contributed by atoms with Gasteiger partial charge in [0.15, 0.2) is 0 Å². The molecule has 1 aromatic rings. The van der Waals surface area contributed by atoms with Crippen LogP contribution in [-0.2, 0) is 0 Å². The van der Waals surface area contributed by atoms with E-state index in [4.69, 9.17) is 10.00 Å². The quantitative estimate of drug-likeness (QED) is 0.717. The Balaban J connectivity index is 2.46. The third-order valence-electron chi connectivity index (χ3n) is 2.31. The van der Waals surface area contributed by atoms with Gasteiger partial charge in [-0.1, -0.05) is 13.8 Å². The van der Waals surface area contributed by atoms with Gasteiger partial charge in [0.25, 0.3) is 5.88 Å². The van der Waals surface area contributed by atoms with Crippen LogP contribution in [0.15, 0.2) is 12.4 Å². The summed E-state index contributed by atoms with van der Waals surface area (Å²) in [5.74, 6) is 0.317. The summed E-state index contributed by atoms with van der Waals surface area (Å²) in [7, 11) is 0. The van der Waals surface area contributed by atoms with E-state index in [9.17, 15) is 0 Å². The largest absolute Gasteiger partial charge is 0.474 e. The molecule has 86 valence electrons. The highest BCUT2D eigenvalue weighted by molar-refractivity contribution is 5.29. The molecule has 16 heavy (non-hydrogen) atoms. The van der Waals surface area contributed by atoms with Crippen LogP contribution in [0.25, 0.3) is 0 Å². The van der Waals surface area contributed by atoms with Crippen molar-refractivity contribution in [3.05, 3.63) is 18.1 Å². The lowest BCUT2D eigenvalue weighted by Crippen LogP contribution is -2.28. The molecule has 0 saturated heterocycles. The van der Waals surface area contributed by atoms with Crippen molar-refractivity contribution in [2.75, 3.05) is 26.2 Å². The summed E-state index contributed by atoms with van der Waals surface area (Å²) in [5.41, 5.74) is 0.238. The van der Waals surface area contributed by atoms with Crippen LogP contribution in [-0.4, -0.2) is 41.1 Å². The molecule has 0 aliphatic carbocycles. The molecule has 5 nitrogen and oxygen atoms in total. The predicted molar refractivity (Wildman–Crippen MR) is 60.0 cm³/mol. The summed E-state index contributed by atoms with van der Waals surface area (Å²) in [6.45, 7) is 7.54. The first-order valence-electron chi connectivity index (χ1n) is 5.38. The molecule has 0 aromatic carbocycles. The number of rotatable bonds is 6. The number of nitrogens with zero attached hydrogens (tertiary/aromatic N) is 4. The maximum Gasteiger partial charge on any atom is 0.251 e. The van der Waals surface area contributed by atoms with Gasteiger partial charge in [0.2, 0.25) is 5.69 Å². The maximum atomic E-state index is 8.78. The van der Waals surface area contributed by atoms with Crippen LogP contribution < -0.4 is 4.74 Å². The Bertz CT molecular complexity index is 357. The SMILES string of the molecule is CCN(CC)CCOc1nccnc1C#N. The summed E-state index contributed by atoms with van der Waals surface area (Å²) < 4.78 is 5.42. The van der Waals surface area contributed by atoms with Crippen LogP contribution >= 0.6 is 0 Å². The first-order valence-corrected chi connectivity index (χ1v) is 5.38. The molecular formula is C11H16N4O. The van der Waals surface area contributed by atoms with Crippen molar-refractivity contribution >= 4 is 0 Å². The van der Waals surface area contributed by atoms with Gasteiger partial charge in [0, 0.05) is 18.9 Å². The van der Waals surface area contributed by atoms with Gasteiger partial charge >= 0.3 is 0 Å². The van der Waals surface area contributed by atoms with Gasteiger partial charge in [-0.3, -0.25) is 0 Å². The van der Waals surface area contributed by atoms with Crippen molar-refractivity contribution in [3.63, 3.8) is 0 Å². The Morgan fingerprint density at radius 2 is 2.00 bits per heavy atom. The molecule has 0 fully saturated rings. The van der Waals surface area contributed by atoms with E-state index in [-0.39, 0.29) is 5.69 Å². The van der Waals surface area contributed by atoms with Crippen molar-refractivity contribution in [2.45, 2.75) is 13.8 Å². The minimum absolute atomic E-state index is 0.238. The molecule has 0 N–H and O–H groups in total. The van der Waals surface area contributed by atoms with E-state index in [0.717, 1.165) is 19.6 Å². The van der Waals surface area contributed by atoms with Crippen molar-refractivity contribution < 1.29 is 4.74 Å². The molecule has 1 rings (SSSR count). The van der Waals surface area contributed by atoms with E-state index in [1.165, 1.54) is 12.4 Å². The second kappa shape index (κ2) is 6.75. The fourth-order valence-corrected chi connectivity index (χ4v) is 1.32. The molecule has 0 amide bonds. The Morgan fingerprint density at radius 1 is 1.31 bits per heavy atom. The third kappa shape index (κ3) is 3.48. The van der Waals surface area contributed by atoms with E-state index in [1.54, 1.807) is 0 Å². The third-order valence-corrected chi connectivity index (χ3v) is 2.31. The first-order chi connectivity index (χ1) is 7.81. The molecule has 0 spiro atoms. The van der Waals surface area contributed by atoms with Crippen molar-refractivity contribution in [3.8, 4) is 11.9 Å². The molecule has 5 heteroatoms. The lowest BCUT2D eigenvalue weighted by molar-refractivity contribution is 0.217. The van der Waals surface area contributed by atoms with E-state index < -0.39 is 0 Å². The van der Waals surface area contributed by atoms with Crippen molar-refractivity contribution in [1.29, 1.82) is 5.26 Å². The summed E-state index contributed by atoms with van der Waals surface area (Å²) in [6.07, 6.45) is 3.00. The molecular weight excluding hydrogens is 204 g/mol. The maximum absolute atomic E-state index is 8.78. The van der Waals surface area contributed by atoms with Crippen LogP contribution in [0.2, 0.25) is 0 Å². The normalized spacial score (nSPS) is 10.1. The van der Waals surface area contributed by atoms with Gasteiger partial charge in [-0.25, -0.2) is 9.97 Å². The van der Waals surface area contributed by atoms with Gasteiger partial charge < -0.3 is 9.64 Å². The van der Waals surface area contributed by atoms with Crippen molar-refractivity contribution in [1.82, 2.24) is 14.9 Å². The van der Waals surface area contributed by atoms with E-state index in [2.05, 4.69) is 28.7 Å². The van der Waals surface area contributed by atoms with Gasteiger partial charge in [0.05, 0.1) is 0 Å². The molecule has 0 bridgehead atoms. The number of likely N-dealkylation sites (N-methyl/N-ethyl adjacent to an activating group) is 1. The second-order valence-electron chi connectivity index (χ2n) is 3.20. The molecule has 0 radical (unpaired) electrons. The number of nitriles is 1. The fraction of sp³-hybridized carbons (Fsp3) is 0.545. The highest BCUT2D eigenvalue weighted by Gasteiger charge is 2.05. The summed E-state index contributed by atoms with van der Waals surface area (Å²) in [5, 5.41) is 8.78. The molecule has 0 aliphatic rings. The lowest BCUT2D eigenvalue weighted by Gasteiger charge is -2.17. The topological polar surface area (TPSA) is 62.0 Å². The minimum Gasteiger partial charge on any atom is -0.474 e. The summed E-state index contributed by atoms with van der Waals surface area (Å²) in [4.78, 5) is 10.1. The average Bonchev–Trinajstić information content (AvgIpc) is 2.35. The summed E-state index contributed by atoms with van der Waals surface area (Å²) >= 11 is 0. The molecule has 0 atom stereocenters. The average molecular weight is 220 g/mol. The van der Waals surface area contributed by atoms with Crippen LogP contribution in [0.3, 0.4) is 0 Å². The highest BCUT2D eigenvalue weighted by Crippen LogP contribution is 2.09. The standard InChI is InChI=1S/C11H16N4O/c1-3-15(4-2)7-8-16-11-10(9-12)13-5-6-14-11/h5-6H,3-4,7-8H2,1-2H3. The van der Waals surface area contributed by atoms with Crippen molar-refractivity contribution in [2.24, 2.45) is 0 Å². The number of aromatic nitrogens is 2. The van der Waals surface area contributed by atoms with Crippen LogP contribution in [0.4, 0.5) is 0 Å². The van der Waals surface area contributed by atoms with E-state index in [0.29, 0.717) is 12.5 Å². The van der Waals surface area contributed by atoms with E-state index in [1.807, 2.05) is 6.07 Å². The van der Waals surface area contributed by atoms with Gasteiger partial charge in [-0.2, -0.15) is 5.26 Å².